The van der Waals surface area contributed by atoms with E-state index in [-0.39, 0.29) is 0 Å². The van der Waals surface area contributed by atoms with Crippen LogP contribution in [0.5, 0.6) is 11.5 Å². The van der Waals surface area contributed by atoms with Crippen LogP contribution in [0.25, 0.3) is 71.3 Å². The molecule has 0 bridgehead atoms. The number of fused-ring (bicyclic) bond motifs is 7. The van der Waals surface area contributed by atoms with Gasteiger partial charge in [-0.25, -0.2) is 0 Å². The molecule has 0 amide bonds. The highest BCUT2D eigenvalue weighted by Gasteiger charge is 2.22. The summed E-state index contributed by atoms with van der Waals surface area (Å²) in [6.07, 6.45) is 0. The maximum absolute atomic E-state index is 6.38. The lowest BCUT2D eigenvalue weighted by Gasteiger charge is -2.22. The summed E-state index contributed by atoms with van der Waals surface area (Å²) >= 11 is 0. The Morgan fingerprint density at radius 1 is 0.375 bits per heavy atom. The van der Waals surface area contributed by atoms with Crippen molar-refractivity contribution in [2.45, 2.75) is 0 Å². The van der Waals surface area contributed by atoms with Gasteiger partial charge in [0.05, 0.1) is 11.0 Å². The number of benzene rings is 7. The third kappa shape index (κ3) is 2.88. The first-order chi connectivity index (χ1) is 19.9. The first-order valence-corrected chi connectivity index (χ1v) is 13.7. The van der Waals surface area contributed by atoms with Crippen LogP contribution >= 0.6 is 0 Å². The number of nitrogens with zero attached hydrogens (tertiary/aromatic N) is 1. The highest BCUT2D eigenvalue weighted by atomic mass is 16.5. The molecule has 0 aliphatic carbocycles. The van der Waals surface area contributed by atoms with Gasteiger partial charge in [-0.1, -0.05) is 109 Å². The largest absolute Gasteiger partial charge is 0.456 e. The smallest absolute Gasteiger partial charge is 0.135 e. The molecule has 0 spiro atoms. The average molecular weight is 510 g/mol. The molecule has 0 unspecified atom stereocenters. The summed E-state index contributed by atoms with van der Waals surface area (Å²) in [4.78, 5) is 0. The van der Waals surface area contributed by atoms with Crippen molar-refractivity contribution < 1.29 is 4.74 Å². The van der Waals surface area contributed by atoms with Crippen LogP contribution in [0.3, 0.4) is 0 Å². The van der Waals surface area contributed by atoms with Crippen LogP contribution in [0.1, 0.15) is 0 Å². The van der Waals surface area contributed by atoms with Crippen LogP contribution in [-0.4, -0.2) is 4.57 Å². The molecule has 0 saturated heterocycles. The van der Waals surface area contributed by atoms with E-state index in [4.69, 9.17) is 4.74 Å². The van der Waals surface area contributed by atoms with Crippen molar-refractivity contribution in [1.29, 1.82) is 0 Å². The van der Waals surface area contributed by atoms with Crippen LogP contribution in [0.2, 0.25) is 0 Å². The van der Waals surface area contributed by atoms with E-state index in [0.29, 0.717) is 0 Å². The topological polar surface area (TPSA) is 14.2 Å². The molecule has 186 valence electrons. The monoisotopic (exact) mass is 509 g/mol. The van der Waals surface area contributed by atoms with Gasteiger partial charge in [0.15, 0.2) is 0 Å². The maximum Gasteiger partial charge on any atom is 0.135 e. The van der Waals surface area contributed by atoms with Crippen LogP contribution in [0.15, 0.2) is 140 Å². The van der Waals surface area contributed by atoms with Crippen LogP contribution in [0.4, 0.5) is 0 Å². The Bertz CT molecular complexity index is 2290. The Balaban J connectivity index is 1.38. The van der Waals surface area contributed by atoms with E-state index < -0.39 is 0 Å². The molecule has 8 aromatic rings. The van der Waals surface area contributed by atoms with Gasteiger partial charge >= 0.3 is 0 Å². The van der Waals surface area contributed by atoms with E-state index in [9.17, 15) is 0 Å². The minimum Gasteiger partial charge on any atom is -0.456 e. The van der Waals surface area contributed by atoms with Crippen LogP contribution < -0.4 is 4.74 Å². The molecular weight excluding hydrogens is 486 g/mol. The number of hydrogen-bond acceptors (Lipinski definition) is 1. The normalized spacial score (nSPS) is 12.2. The van der Waals surface area contributed by atoms with Gasteiger partial charge in [-0.2, -0.15) is 0 Å². The number of para-hydroxylation sites is 3. The number of ether oxygens (including phenoxy) is 1. The minimum absolute atomic E-state index is 0.913. The molecule has 7 aromatic carbocycles. The second-order valence-corrected chi connectivity index (χ2v) is 10.5. The van der Waals surface area contributed by atoms with Crippen molar-refractivity contribution in [3.8, 4) is 39.4 Å². The van der Waals surface area contributed by atoms with Gasteiger partial charge < -0.3 is 9.30 Å². The second kappa shape index (κ2) is 8.08. The Labute approximate surface area is 231 Å². The van der Waals surface area contributed by atoms with Gasteiger partial charge in [-0.05, 0) is 57.8 Å². The summed E-state index contributed by atoms with van der Waals surface area (Å²) in [5, 5.41) is 7.41. The average Bonchev–Trinajstić information content (AvgIpc) is 3.37. The van der Waals surface area contributed by atoms with Crippen molar-refractivity contribution >= 4 is 43.4 Å². The van der Waals surface area contributed by atoms with Crippen molar-refractivity contribution in [2.75, 3.05) is 0 Å². The van der Waals surface area contributed by atoms with Gasteiger partial charge in [0.2, 0.25) is 0 Å². The van der Waals surface area contributed by atoms with Crippen molar-refractivity contribution in [2.24, 2.45) is 0 Å². The maximum atomic E-state index is 6.38. The van der Waals surface area contributed by atoms with Gasteiger partial charge in [0, 0.05) is 32.8 Å². The zero-order valence-corrected chi connectivity index (χ0v) is 21.6. The molecule has 0 fully saturated rings. The molecule has 2 heterocycles. The minimum atomic E-state index is 0.913. The summed E-state index contributed by atoms with van der Waals surface area (Å²) < 4.78 is 8.80. The Morgan fingerprint density at radius 3 is 1.95 bits per heavy atom. The number of rotatable bonds is 2. The molecule has 9 rings (SSSR count). The summed E-state index contributed by atoms with van der Waals surface area (Å²) in [6, 6.07) is 50.0. The lowest BCUT2D eigenvalue weighted by molar-refractivity contribution is 0.487. The molecule has 0 atom stereocenters. The molecular formula is C38H23NO. The molecule has 2 nitrogen and oxygen atoms in total. The molecule has 0 saturated carbocycles. The molecule has 0 N–H and O–H groups in total. The van der Waals surface area contributed by atoms with E-state index >= 15 is 0 Å². The van der Waals surface area contributed by atoms with E-state index in [0.717, 1.165) is 17.1 Å². The second-order valence-electron chi connectivity index (χ2n) is 10.5. The third-order valence-electron chi connectivity index (χ3n) is 8.40. The van der Waals surface area contributed by atoms with Crippen molar-refractivity contribution in [3.63, 3.8) is 0 Å². The Morgan fingerprint density at radius 2 is 1.02 bits per heavy atom. The van der Waals surface area contributed by atoms with Crippen molar-refractivity contribution in [3.05, 3.63) is 140 Å². The first-order valence-electron chi connectivity index (χ1n) is 13.7. The summed E-state index contributed by atoms with van der Waals surface area (Å²) in [5.41, 5.74) is 8.45. The standard InChI is InChI=1S/C38H23NO/c1-2-10-24(11-3-1)39-34-18-6-4-12-28(34)33-21-20-27-25(14-8-17-32(27)38(33)39)26-22-23-36-37-30(26)15-9-16-31(37)29-13-5-7-19-35(29)40-36/h1-23H. The van der Waals surface area contributed by atoms with Gasteiger partial charge in [0.1, 0.15) is 11.5 Å². The zero-order valence-electron chi connectivity index (χ0n) is 21.6. The van der Waals surface area contributed by atoms with E-state index in [1.807, 2.05) is 12.1 Å². The molecule has 1 aliphatic rings. The lowest BCUT2D eigenvalue weighted by Crippen LogP contribution is -1.98. The number of hydrogen-bond donors (Lipinski definition) is 0. The predicted molar refractivity (Wildman–Crippen MR) is 167 cm³/mol. The molecule has 0 radical (unpaired) electrons. The molecule has 1 aromatic heterocycles. The predicted octanol–water partition coefficient (Wildman–Crippen LogP) is 10.5. The highest BCUT2D eigenvalue weighted by molar-refractivity contribution is 6.22. The van der Waals surface area contributed by atoms with Crippen LogP contribution in [-0.2, 0) is 0 Å². The van der Waals surface area contributed by atoms with Crippen molar-refractivity contribution in [1.82, 2.24) is 4.57 Å². The fourth-order valence-electron chi connectivity index (χ4n) is 6.71. The Kier molecular flexibility index (Phi) is 4.36. The van der Waals surface area contributed by atoms with Crippen LogP contribution in [0, 0.1) is 0 Å². The lowest BCUT2D eigenvalue weighted by atomic mass is 9.89. The first kappa shape index (κ1) is 21.6. The molecule has 2 heteroatoms. The quantitative estimate of drug-likeness (QED) is 0.226. The van der Waals surface area contributed by atoms with Gasteiger partial charge in [-0.3, -0.25) is 0 Å². The fourth-order valence-corrected chi connectivity index (χ4v) is 6.71. The summed E-state index contributed by atoms with van der Waals surface area (Å²) in [6.45, 7) is 0. The fraction of sp³-hybridized carbons (Fsp3) is 0. The van der Waals surface area contributed by atoms with Gasteiger partial charge in [0.25, 0.3) is 0 Å². The van der Waals surface area contributed by atoms with E-state index in [1.54, 1.807) is 0 Å². The Hall–Kier alpha value is -5.34. The van der Waals surface area contributed by atoms with E-state index in [1.165, 1.54) is 65.7 Å². The summed E-state index contributed by atoms with van der Waals surface area (Å²) in [7, 11) is 0. The summed E-state index contributed by atoms with van der Waals surface area (Å²) in [5.74, 6) is 1.83. The van der Waals surface area contributed by atoms with Gasteiger partial charge in [-0.15, -0.1) is 0 Å². The third-order valence-corrected chi connectivity index (χ3v) is 8.40. The molecule has 40 heavy (non-hydrogen) atoms. The highest BCUT2D eigenvalue weighted by Crippen LogP contribution is 2.49. The SMILES string of the molecule is c1ccc(-n2c3ccccc3c3ccc4c(-c5ccc6c7c(cccc57)-c5ccccc5O6)cccc4c32)cc1. The molecule has 1 aliphatic heterocycles. The zero-order chi connectivity index (χ0) is 26.2. The van der Waals surface area contributed by atoms with E-state index in [2.05, 4.69) is 132 Å². The number of aromatic nitrogens is 1.